The Bertz CT molecular complexity index is 921. The number of pyridine rings is 1. The Hall–Kier alpha value is -2.63. The molecule has 6 nitrogen and oxygen atoms in total. The number of carbonyl (C=O) groups is 1. The molecule has 4 rings (SSSR count). The zero-order valence-electron chi connectivity index (χ0n) is 15.6. The molecule has 0 saturated carbocycles. The van der Waals surface area contributed by atoms with E-state index in [1.165, 1.54) is 5.69 Å². The number of hydrogen-bond donors (Lipinski definition) is 1. The number of rotatable bonds is 3. The molecule has 26 heavy (non-hydrogen) atoms. The standard InChI is InChI=1S/C20H25N5O/c1-4-25-14(3)18(13(2)23-25)20(26)24-10-6-8-16(12-24)17-11-15-7-5-9-21-19(15)22-17/h5,7,9,11,16H,4,6,8,10,12H2,1-3H3,(H,21,22)/t16-/m0/s1. The predicted molar refractivity (Wildman–Crippen MR) is 101 cm³/mol. The zero-order valence-corrected chi connectivity index (χ0v) is 15.6. The van der Waals surface area contributed by atoms with Gasteiger partial charge in [-0.25, -0.2) is 4.98 Å². The number of fused-ring (bicyclic) bond motifs is 1. The van der Waals surface area contributed by atoms with Gasteiger partial charge in [-0.1, -0.05) is 0 Å². The number of amides is 1. The fourth-order valence-corrected chi connectivity index (χ4v) is 4.09. The summed E-state index contributed by atoms with van der Waals surface area (Å²) in [5.74, 6) is 0.433. The average molecular weight is 351 g/mol. The molecule has 0 aliphatic carbocycles. The second kappa shape index (κ2) is 6.59. The van der Waals surface area contributed by atoms with Crippen LogP contribution in [0.25, 0.3) is 11.0 Å². The van der Waals surface area contributed by atoms with Crippen molar-refractivity contribution in [3.05, 3.63) is 47.0 Å². The molecule has 0 radical (unpaired) electrons. The first kappa shape index (κ1) is 16.8. The molecule has 6 heteroatoms. The van der Waals surface area contributed by atoms with Gasteiger partial charge in [-0.3, -0.25) is 9.48 Å². The summed E-state index contributed by atoms with van der Waals surface area (Å²) in [4.78, 5) is 23.0. The van der Waals surface area contributed by atoms with Gasteiger partial charge in [0.05, 0.1) is 11.3 Å². The van der Waals surface area contributed by atoms with E-state index in [0.29, 0.717) is 5.92 Å². The third-order valence-corrected chi connectivity index (χ3v) is 5.46. The minimum absolute atomic E-state index is 0.110. The van der Waals surface area contributed by atoms with Crippen LogP contribution < -0.4 is 0 Å². The Morgan fingerprint density at radius 2 is 2.23 bits per heavy atom. The fourth-order valence-electron chi connectivity index (χ4n) is 4.09. The van der Waals surface area contributed by atoms with Gasteiger partial charge in [-0.2, -0.15) is 5.10 Å². The lowest BCUT2D eigenvalue weighted by molar-refractivity contribution is 0.0704. The first-order valence-corrected chi connectivity index (χ1v) is 9.35. The minimum Gasteiger partial charge on any atom is -0.343 e. The number of hydrogen-bond acceptors (Lipinski definition) is 3. The van der Waals surface area contributed by atoms with Crippen molar-refractivity contribution in [1.82, 2.24) is 24.6 Å². The highest BCUT2D eigenvalue weighted by Gasteiger charge is 2.29. The summed E-state index contributed by atoms with van der Waals surface area (Å²) in [5, 5.41) is 5.63. The molecule has 1 aliphatic heterocycles. The summed E-state index contributed by atoms with van der Waals surface area (Å²) < 4.78 is 1.91. The molecule has 1 aliphatic rings. The topological polar surface area (TPSA) is 66.8 Å². The highest BCUT2D eigenvalue weighted by Crippen LogP contribution is 2.29. The molecule has 3 aromatic heterocycles. The van der Waals surface area contributed by atoms with E-state index in [1.807, 2.05) is 29.5 Å². The molecule has 0 unspecified atom stereocenters. The lowest BCUT2D eigenvalue weighted by Gasteiger charge is -2.32. The number of piperidine rings is 1. The summed E-state index contributed by atoms with van der Waals surface area (Å²) in [6.07, 6.45) is 3.90. The number of carbonyl (C=O) groups excluding carboxylic acids is 1. The quantitative estimate of drug-likeness (QED) is 0.786. The van der Waals surface area contributed by atoms with E-state index in [0.717, 1.165) is 60.5 Å². The highest BCUT2D eigenvalue weighted by molar-refractivity contribution is 5.96. The van der Waals surface area contributed by atoms with Gasteiger partial charge in [0.15, 0.2) is 0 Å². The first-order chi connectivity index (χ1) is 12.6. The molecule has 1 saturated heterocycles. The van der Waals surface area contributed by atoms with Crippen LogP contribution in [0.1, 0.15) is 53.1 Å². The summed E-state index contributed by atoms with van der Waals surface area (Å²) in [6.45, 7) is 8.30. The van der Waals surface area contributed by atoms with E-state index >= 15 is 0 Å². The van der Waals surface area contributed by atoms with E-state index in [2.05, 4.69) is 34.1 Å². The molecular formula is C20H25N5O. The van der Waals surface area contributed by atoms with Gasteiger partial charge in [-0.15, -0.1) is 0 Å². The molecular weight excluding hydrogens is 326 g/mol. The maximum atomic E-state index is 13.2. The van der Waals surface area contributed by atoms with Crippen LogP contribution in [-0.4, -0.2) is 43.6 Å². The van der Waals surface area contributed by atoms with E-state index in [4.69, 9.17) is 0 Å². The van der Waals surface area contributed by atoms with E-state index in [9.17, 15) is 4.79 Å². The van der Waals surface area contributed by atoms with Crippen molar-refractivity contribution < 1.29 is 4.79 Å². The maximum absolute atomic E-state index is 13.2. The van der Waals surface area contributed by atoms with Crippen molar-refractivity contribution in [3.8, 4) is 0 Å². The van der Waals surface area contributed by atoms with Crippen LogP contribution in [0, 0.1) is 13.8 Å². The number of aryl methyl sites for hydroxylation is 2. The summed E-state index contributed by atoms with van der Waals surface area (Å²) in [7, 11) is 0. The lowest BCUT2D eigenvalue weighted by Crippen LogP contribution is -2.39. The van der Waals surface area contributed by atoms with Crippen LogP contribution in [0.4, 0.5) is 0 Å². The summed E-state index contributed by atoms with van der Waals surface area (Å²) in [5.41, 5.74) is 4.65. The van der Waals surface area contributed by atoms with Crippen LogP contribution in [0.15, 0.2) is 24.4 Å². The van der Waals surface area contributed by atoms with Crippen LogP contribution >= 0.6 is 0 Å². The summed E-state index contributed by atoms with van der Waals surface area (Å²) >= 11 is 0. The number of likely N-dealkylation sites (tertiary alicyclic amines) is 1. The highest BCUT2D eigenvalue weighted by atomic mass is 16.2. The van der Waals surface area contributed by atoms with Gasteiger partial charge in [0.1, 0.15) is 5.65 Å². The molecule has 1 atom stereocenters. The molecule has 0 aromatic carbocycles. The monoisotopic (exact) mass is 351 g/mol. The van der Waals surface area contributed by atoms with Gasteiger partial charge in [0.25, 0.3) is 5.91 Å². The van der Waals surface area contributed by atoms with Crippen LogP contribution in [0.2, 0.25) is 0 Å². The van der Waals surface area contributed by atoms with Gasteiger partial charge in [0.2, 0.25) is 0 Å². The van der Waals surface area contributed by atoms with Gasteiger partial charge in [0, 0.05) is 48.5 Å². The molecule has 3 aromatic rings. The van der Waals surface area contributed by atoms with Crippen molar-refractivity contribution in [2.75, 3.05) is 13.1 Å². The van der Waals surface area contributed by atoms with E-state index in [1.54, 1.807) is 6.20 Å². The Morgan fingerprint density at radius 1 is 1.38 bits per heavy atom. The van der Waals surface area contributed by atoms with E-state index < -0.39 is 0 Å². The zero-order chi connectivity index (χ0) is 18.3. The van der Waals surface area contributed by atoms with Gasteiger partial charge in [-0.05, 0) is 51.8 Å². The van der Waals surface area contributed by atoms with Crippen molar-refractivity contribution in [3.63, 3.8) is 0 Å². The SMILES string of the molecule is CCn1nc(C)c(C(=O)N2CCC[C@H](c3cc4cccnc4[nH]3)C2)c1C. The number of aromatic amines is 1. The number of nitrogens with zero attached hydrogens (tertiary/aromatic N) is 4. The van der Waals surface area contributed by atoms with E-state index in [-0.39, 0.29) is 5.91 Å². The van der Waals surface area contributed by atoms with Crippen molar-refractivity contribution >= 4 is 16.9 Å². The Kier molecular flexibility index (Phi) is 4.26. The second-order valence-corrected chi connectivity index (χ2v) is 7.12. The molecule has 136 valence electrons. The third-order valence-electron chi connectivity index (χ3n) is 5.46. The Labute approximate surface area is 153 Å². The van der Waals surface area contributed by atoms with Crippen molar-refractivity contribution in [2.45, 2.75) is 46.1 Å². The Morgan fingerprint density at radius 3 is 2.96 bits per heavy atom. The lowest BCUT2D eigenvalue weighted by atomic mass is 9.94. The molecule has 1 amide bonds. The predicted octanol–water partition coefficient (Wildman–Crippen LogP) is 3.42. The van der Waals surface area contributed by atoms with Crippen LogP contribution in [-0.2, 0) is 6.54 Å². The smallest absolute Gasteiger partial charge is 0.257 e. The number of aromatic nitrogens is 4. The minimum atomic E-state index is 0.110. The molecule has 0 bridgehead atoms. The maximum Gasteiger partial charge on any atom is 0.257 e. The second-order valence-electron chi connectivity index (χ2n) is 7.12. The van der Waals surface area contributed by atoms with Gasteiger partial charge >= 0.3 is 0 Å². The normalized spacial score (nSPS) is 17.8. The van der Waals surface area contributed by atoms with Gasteiger partial charge < -0.3 is 9.88 Å². The third kappa shape index (κ3) is 2.79. The van der Waals surface area contributed by atoms with Crippen molar-refractivity contribution in [1.29, 1.82) is 0 Å². The largest absolute Gasteiger partial charge is 0.343 e. The molecule has 1 N–H and O–H groups in total. The van der Waals surface area contributed by atoms with Crippen LogP contribution in [0.5, 0.6) is 0 Å². The molecule has 4 heterocycles. The summed E-state index contributed by atoms with van der Waals surface area (Å²) in [6, 6.07) is 6.19. The van der Waals surface area contributed by atoms with Crippen molar-refractivity contribution in [2.24, 2.45) is 0 Å². The average Bonchev–Trinajstić information content (AvgIpc) is 3.22. The Balaban J connectivity index is 1.58. The molecule has 0 spiro atoms. The first-order valence-electron chi connectivity index (χ1n) is 9.35. The fraction of sp³-hybridized carbons (Fsp3) is 0.450. The number of H-pyrrole nitrogens is 1. The van der Waals surface area contributed by atoms with Crippen LogP contribution in [0.3, 0.4) is 0 Å². The number of nitrogens with one attached hydrogen (secondary N) is 1. The molecule has 1 fully saturated rings.